The van der Waals surface area contributed by atoms with Crippen molar-refractivity contribution in [1.82, 2.24) is 0 Å². The highest BCUT2D eigenvalue weighted by Crippen LogP contribution is 2.76. The van der Waals surface area contributed by atoms with E-state index in [0.717, 1.165) is 44.9 Å². The summed E-state index contributed by atoms with van der Waals surface area (Å²) in [7, 11) is 0. The van der Waals surface area contributed by atoms with Gasteiger partial charge in [-0.05, 0) is 113 Å². The monoisotopic (exact) mass is 588 g/mol. The van der Waals surface area contributed by atoms with Crippen molar-refractivity contribution < 1.29 is 34.1 Å². The molecule has 0 spiro atoms. The Morgan fingerprint density at radius 3 is 2.14 bits per heavy atom. The first-order valence-corrected chi connectivity index (χ1v) is 16.2. The van der Waals surface area contributed by atoms with Crippen LogP contribution in [0.4, 0.5) is 0 Å². The number of aliphatic hydroxyl groups is 1. The molecule has 10 atom stereocenters. The molecule has 4 rings (SSSR count). The van der Waals surface area contributed by atoms with Crippen LogP contribution in [0.15, 0.2) is 11.6 Å². The van der Waals surface area contributed by atoms with E-state index in [1.807, 2.05) is 6.92 Å². The van der Waals surface area contributed by atoms with Gasteiger partial charge < -0.3 is 19.7 Å². The normalized spacial score (nSPS) is 41.8. The summed E-state index contributed by atoms with van der Waals surface area (Å²) in [6.45, 7) is 19.3. The van der Waals surface area contributed by atoms with E-state index < -0.39 is 24.0 Å². The molecule has 238 valence electrons. The quantitative estimate of drug-likeness (QED) is 0.177. The lowest BCUT2D eigenvalue weighted by molar-refractivity contribution is -0.252. The molecule has 0 heterocycles. The van der Waals surface area contributed by atoms with Crippen molar-refractivity contribution in [2.75, 3.05) is 0 Å². The van der Waals surface area contributed by atoms with Gasteiger partial charge >= 0.3 is 17.9 Å². The SMILES string of the molecule is CC(=O)O[C@@H]1CC2[C@@]3(C)CC[C@@H](OC(=O)CC(=O)O)C(C)(C)C3CC[C@@]2(C)[C@]2(C)CCC(C(C)(O)CCC=C(C)C)C12. The fourth-order valence-electron chi connectivity index (χ4n) is 11.1. The van der Waals surface area contributed by atoms with Gasteiger partial charge in [0.25, 0.3) is 0 Å². The Morgan fingerprint density at radius 2 is 1.55 bits per heavy atom. The van der Waals surface area contributed by atoms with Crippen LogP contribution in [-0.2, 0) is 23.9 Å². The van der Waals surface area contributed by atoms with Crippen molar-refractivity contribution in [3.8, 4) is 0 Å². The summed E-state index contributed by atoms with van der Waals surface area (Å²) in [5, 5.41) is 21.0. The summed E-state index contributed by atoms with van der Waals surface area (Å²) in [6, 6.07) is 0. The van der Waals surface area contributed by atoms with Crippen LogP contribution in [0, 0.1) is 45.3 Å². The minimum absolute atomic E-state index is 0.00715. The Balaban J connectivity index is 1.68. The van der Waals surface area contributed by atoms with Crippen molar-refractivity contribution in [2.45, 2.75) is 144 Å². The topological polar surface area (TPSA) is 110 Å². The fraction of sp³-hybridized carbons (Fsp3) is 0.857. The highest BCUT2D eigenvalue weighted by atomic mass is 16.5. The summed E-state index contributed by atoms with van der Waals surface area (Å²) < 4.78 is 12.0. The van der Waals surface area contributed by atoms with Gasteiger partial charge in [0.15, 0.2) is 0 Å². The van der Waals surface area contributed by atoms with E-state index in [2.05, 4.69) is 54.5 Å². The number of carbonyl (C=O) groups excluding carboxylic acids is 2. The first-order valence-electron chi connectivity index (χ1n) is 16.2. The second-order valence-corrected chi connectivity index (χ2v) is 16.1. The summed E-state index contributed by atoms with van der Waals surface area (Å²) >= 11 is 0. The molecule has 4 fully saturated rings. The van der Waals surface area contributed by atoms with Gasteiger partial charge in [-0.1, -0.05) is 46.3 Å². The maximum atomic E-state index is 12.6. The molecule has 0 bridgehead atoms. The number of rotatable bonds is 8. The zero-order valence-electron chi connectivity index (χ0n) is 27.5. The largest absolute Gasteiger partial charge is 0.481 e. The van der Waals surface area contributed by atoms with E-state index in [-0.39, 0.29) is 57.6 Å². The number of hydrogen-bond donors (Lipinski definition) is 2. The second-order valence-electron chi connectivity index (χ2n) is 16.1. The molecular weight excluding hydrogens is 532 g/mol. The predicted molar refractivity (Wildman–Crippen MR) is 161 cm³/mol. The molecule has 0 saturated heterocycles. The van der Waals surface area contributed by atoms with Crippen LogP contribution in [0.25, 0.3) is 0 Å². The van der Waals surface area contributed by atoms with Crippen LogP contribution in [0.1, 0.15) is 127 Å². The number of aliphatic carboxylic acids is 1. The number of carboxylic acids is 1. The van der Waals surface area contributed by atoms with Gasteiger partial charge in [-0.3, -0.25) is 14.4 Å². The molecule has 0 radical (unpaired) electrons. The molecule has 42 heavy (non-hydrogen) atoms. The molecule has 4 aliphatic rings. The number of carboxylic acid groups (broad SMARTS) is 1. The van der Waals surface area contributed by atoms with Crippen molar-refractivity contribution >= 4 is 17.9 Å². The molecule has 7 nitrogen and oxygen atoms in total. The van der Waals surface area contributed by atoms with Gasteiger partial charge in [-0.15, -0.1) is 0 Å². The van der Waals surface area contributed by atoms with Gasteiger partial charge in [0, 0.05) is 18.3 Å². The van der Waals surface area contributed by atoms with E-state index in [0.29, 0.717) is 18.8 Å². The Hall–Kier alpha value is -1.89. The minimum Gasteiger partial charge on any atom is -0.481 e. The zero-order valence-corrected chi connectivity index (χ0v) is 27.5. The molecule has 0 aliphatic heterocycles. The van der Waals surface area contributed by atoms with Crippen molar-refractivity contribution in [3.05, 3.63) is 11.6 Å². The van der Waals surface area contributed by atoms with Crippen LogP contribution < -0.4 is 0 Å². The zero-order chi connectivity index (χ0) is 31.5. The molecule has 0 aromatic rings. The minimum atomic E-state index is -1.17. The number of hydrogen-bond acceptors (Lipinski definition) is 6. The first kappa shape index (κ1) is 33.0. The maximum absolute atomic E-state index is 12.6. The van der Waals surface area contributed by atoms with E-state index in [4.69, 9.17) is 14.6 Å². The number of ether oxygens (including phenoxy) is 2. The summed E-state index contributed by atoms with van der Waals surface area (Å²) in [6.07, 6.45) is 8.86. The fourth-order valence-corrected chi connectivity index (χ4v) is 11.1. The molecule has 5 unspecified atom stereocenters. The smallest absolute Gasteiger partial charge is 0.317 e. The molecular formula is C35H56O7. The van der Waals surface area contributed by atoms with E-state index >= 15 is 0 Å². The Morgan fingerprint density at radius 1 is 0.905 bits per heavy atom. The lowest BCUT2D eigenvalue weighted by Crippen LogP contribution is -2.67. The molecule has 0 aromatic heterocycles. The number of fused-ring (bicyclic) bond motifs is 5. The van der Waals surface area contributed by atoms with Crippen molar-refractivity contribution in [1.29, 1.82) is 0 Å². The molecule has 0 aromatic carbocycles. The van der Waals surface area contributed by atoms with Gasteiger partial charge in [-0.25, -0.2) is 0 Å². The van der Waals surface area contributed by atoms with Crippen LogP contribution >= 0.6 is 0 Å². The Bertz CT molecular complexity index is 1100. The average molecular weight is 589 g/mol. The lowest BCUT2D eigenvalue weighted by Gasteiger charge is -2.70. The summed E-state index contributed by atoms with van der Waals surface area (Å²) in [4.78, 5) is 36.1. The number of esters is 2. The van der Waals surface area contributed by atoms with Crippen LogP contribution in [0.2, 0.25) is 0 Å². The maximum Gasteiger partial charge on any atom is 0.317 e. The van der Waals surface area contributed by atoms with E-state index in [1.165, 1.54) is 12.5 Å². The molecule has 0 amide bonds. The van der Waals surface area contributed by atoms with E-state index in [9.17, 15) is 19.5 Å². The number of carbonyl (C=O) groups is 3. The van der Waals surface area contributed by atoms with Gasteiger partial charge in [-0.2, -0.15) is 0 Å². The molecule has 7 heteroatoms. The molecule has 4 aliphatic carbocycles. The van der Waals surface area contributed by atoms with Gasteiger partial charge in [0.05, 0.1) is 5.60 Å². The molecule has 2 N–H and O–H groups in total. The highest BCUT2D eigenvalue weighted by molar-refractivity contribution is 5.90. The highest BCUT2D eigenvalue weighted by Gasteiger charge is 2.72. The van der Waals surface area contributed by atoms with Crippen LogP contribution in [0.3, 0.4) is 0 Å². The van der Waals surface area contributed by atoms with Gasteiger partial charge in [0.1, 0.15) is 18.6 Å². The van der Waals surface area contributed by atoms with Crippen LogP contribution in [0.5, 0.6) is 0 Å². The van der Waals surface area contributed by atoms with Crippen molar-refractivity contribution in [2.24, 2.45) is 45.3 Å². The van der Waals surface area contributed by atoms with Crippen molar-refractivity contribution in [3.63, 3.8) is 0 Å². The van der Waals surface area contributed by atoms with Crippen LogP contribution in [-0.4, -0.2) is 45.9 Å². The second kappa shape index (κ2) is 11.2. The average Bonchev–Trinajstić information content (AvgIpc) is 3.21. The Kier molecular flexibility index (Phi) is 8.83. The predicted octanol–water partition coefficient (Wildman–Crippen LogP) is 7.10. The third kappa shape index (κ3) is 5.45. The summed E-state index contributed by atoms with van der Waals surface area (Å²) in [5.74, 6) is -1.36. The van der Waals surface area contributed by atoms with E-state index in [1.54, 1.807) is 0 Å². The third-order valence-corrected chi connectivity index (χ3v) is 13.2. The third-order valence-electron chi connectivity index (χ3n) is 13.2. The lowest BCUT2D eigenvalue weighted by atomic mass is 9.35. The molecule has 4 saturated carbocycles. The first-order chi connectivity index (χ1) is 19.3. The Labute approximate surface area is 253 Å². The van der Waals surface area contributed by atoms with Gasteiger partial charge in [0.2, 0.25) is 0 Å². The standard InChI is InChI=1S/C35H56O7/c1-21(2)11-10-15-35(9,40)23-12-17-34(8)30(23)24(41-22(3)36)19-26-32(6)16-14-27(42-29(39)20-28(37)38)31(4,5)25(32)13-18-33(26,34)7/h11,23-27,30,40H,10,12-20H2,1-9H3,(H,37,38)/t23?,24-,25?,26?,27-,30?,32+,33-,34-,35?/m1/s1. The number of allylic oxidation sites excluding steroid dienone is 2. The summed E-state index contributed by atoms with van der Waals surface area (Å²) in [5.41, 5.74) is -0.0480.